The van der Waals surface area contributed by atoms with Crippen molar-refractivity contribution in [1.82, 2.24) is 14.5 Å². The van der Waals surface area contributed by atoms with Gasteiger partial charge in [0.15, 0.2) is 0 Å². The highest BCUT2D eigenvalue weighted by Gasteiger charge is 2.22. The molecule has 29 heavy (non-hydrogen) atoms. The van der Waals surface area contributed by atoms with Gasteiger partial charge in [-0.2, -0.15) is 9.97 Å². The van der Waals surface area contributed by atoms with Gasteiger partial charge in [0.1, 0.15) is 11.9 Å². The number of hydrogen-bond acceptors (Lipinski definition) is 6. The van der Waals surface area contributed by atoms with E-state index in [-0.39, 0.29) is 29.2 Å². The van der Waals surface area contributed by atoms with Gasteiger partial charge >= 0.3 is 6.01 Å². The molecule has 0 spiro atoms. The van der Waals surface area contributed by atoms with Crippen molar-refractivity contribution in [2.45, 2.75) is 59.0 Å². The second-order valence-electron chi connectivity index (χ2n) is 7.60. The summed E-state index contributed by atoms with van der Waals surface area (Å²) in [5.41, 5.74) is 2.32. The second-order valence-corrected chi connectivity index (χ2v) is 9.44. The first-order valence-electron chi connectivity index (χ1n) is 9.93. The second kappa shape index (κ2) is 8.52. The number of aromatic nitrogens is 3. The third-order valence-corrected chi connectivity index (χ3v) is 6.51. The van der Waals surface area contributed by atoms with E-state index in [1.54, 1.807) is 40.1 Å². The van der Waals surface area contributed by atoms with Gasteiger partial charge in [-0.05, 0) is 52.0 Å². The number of ether oxygens (including phenoxy) is 1. The summed E-state index contributed by atoms with van der Waals surface area (Å²) >= 11 is 0. The smallest absolute Gasteiger partial charge is 0.319 e. The predicted molar refractivity (Wildman–Crippen MR) is 113 cm³/mol. The van der Waals surface area contributed by atoms with Crippen molar-refractivity contribution in [3.63, 3.8) is 0 Å². The first kappa shape index (κ1) is 21.3. The molecule has 158 valence electrons. The van der Waals surface area contributed by atoms with Crippen LogP contribution in [0.25, 0.3) is 11.3 Å². The van der Waals surface area contributed by atoms with Crippen LogP contribution in [0.5, 0.6) is 6.01 Å². The van der Waals surface area contributed by atoms with Crippen molar-refractivity contribution in [2.24, 2.45) is 7.05 Å². The maximum Gasteiger partial charge on any atom is 0.319 e. The normalized spacial score (nSPS) is 14.9. The number of rotatable bonds is 7. The molecule has 1 N–H and O–H groups in total. The monoisotopic (exact) mass is 420 g/mol. The van der Waals surface area contributed by atoms with E-state index >= 15 is 0 Å². The van der Waals surface area contributed by atoms with E-state index in [2.05, 4.69) is 14.7 Å². The van der Waals surface area contributed by atoms with E-state index in [1.165, 1.54) is 4.57 Å². The van der Waals surface area contributed by atoms with Gasteiger partial charge in [-0.15, -0.1) is 0 Å². The number of nitrogens with zero attached hydrogens (tertiary/aromatic N) is 3. The van der Waals surface area contributed by atoms with Crippen molar-refractivity contribution < 1.29 is 13.2 Å². The van der Waals surface area contributed by atoms with Gasteiger partial charge in [-0.3, -0.25) is 9.52 Å². The van der Waals surface area contributed by atoms with Crippen molar-refractivity contribution >= 4 is 15.8 Å². The van der Waals surface area contributed by atoms with Gasteiger partial charge in [0.25, 0.3) is 5.56 Å². The lowest BCUT2D eigenvalue weighted by Gasteiger charge is -2.17. The highest BCUT2D eigenvalue weighted by Crippen LogP contribution is 2.30. The molecular weight excluding hydrogens is 392 g/mol. The fourth-order valence-corrected chi connectivity index (χ4v) is 4.69. The molecule has 0 amide bonds. The fourth-order valence-electron chi connectivity index (χ4n) is 3.56. The van der Waals surface area contributed by atoms with Gasteiger partial charge in [-0.1, -0.05) is 6.92 Å². The maximum absolute atomic E-state index is 12.4. The SMILES string of the molecule is CCCS(=O)(=O)Nc1nc(OC2CCCC2)nc(-c2cc(C)c(=O)n(C)c2)c1C. The van der Waals surface area contributed by atoms with E-state index in [0.29, 0.717) is 28.8 Å². The van der Waals surface area contributed by atoms with Crippen LogP contribution in [0.4, 0.5) is 5.82 Å². The summed E-state index contributed by atoms with van der Waals surface area (Å²) in [6.45, 7) is 5.31. The molecule has 0 saturated heterocycles. The Balaban J connectivity index is 2.10. The summed E-state index contributed by atoms with van der Waals surface area (Å²) in [7, 11) is -1.85. The first-order chi connectivity index (χ1) is 13.7. The van der Waals surface area contributed by atoms with Crippen LogP contribution < -0.4 is 15.0 Å². The molecule has 1 saturated carbocycles. The molecule has 0 aliphatic heterocycles. The molecule has 1 fully saturated rings. The Bertz CT molecular complexity index is 1030. The van der Waals surface area contributed by atoms with Gasteiger partial charge in [0, 0.05) is 29.9 Å². The Morgan fingerprint density at radius 3 is 2.55 bits per heavy atom. The minimum absolute atomic E-state index is 0.00351. The predicted octanol–water partition coefficient (Wildman–Crippen LogP) is 2.93. The maximum atomic E-state index is 12.4. The van der Waals surface area contributed by atoms with Gasteiger partial charge in [0.05, 0.1) is 11.4 Å². The molecule has 0 bridgehead atoms. The number of nitrogens with one attached hydrogen (secondary N) is 1. The fraction of sp³-hybridized carbons (Fsp3) is 0.550. The lowest BCUT2D eigenvalue weighted by molar-refractivity contribution is 0.192. The van der Waals surface area contributed by atoms with Crippen LogP contribution in [-0.4, -0.2) is 34.8 Å². The molecule has 0 aromatic carbocycles. The zero-order valence-electron chi connectivity index (χ0n) is 17.4. The number of hydrogen-bond donors (Lipinski definition) is 1. The van der Waals surface area contributed by atoms with Crippen molar-refractivity contribution in [3.05, 3.63) is 33.7 Å². The highest BCUT2D eigenvalue weighted by atomic mass is 32.2. The van der Waals surface area contributed by atoms with Gasteiger partial charge in [0.2, 0.25) is 10.0 Å². The van der Waals surface area contributed by atoms with Crippen LogP contribution in [0, 0.1) is 13.8 Å². The Labute approximate surface area is 171 Å². The van der Waals surface area contributed by atoms with Crippen molar-refractivity contribution in [1.29, 1.82) is 0 Å². The summed E-state index contributed by atoms with van der Waals surface area (Å²) in [4.78, 5) is 21.0. The molecular formula is C20H28N4O4S. The first-order valence-corrected chi connectivity index (χ1v) is 11.6. The van der Waals surface area contributed by atoms with Crippen LogP contribution in [0.15, 0.2) is 17.1 Å². The van der Waals surface area contributed by atoms with Gasteiger partial charge in [-0.25, -0.2) is 8.42 Å². The molecule has 1 aliphatic rings. The molecule has 0 radical (unpaired) electrons. The molecule has 1 aliphatic carbocycles. The van der Waals surface area contributed by atoms with Crippen LogP contribution in [0.3, 0.4) is 0 Å². The van der Waals surface area contributed by atoms with Gasteiger partial charge < -0.3 is 9.30 Å². The van der Waals surface area contributed by atoms with Crippen LogP contribution in [0.2, 0.25) is 0 Å². The zero-order valence-corrected chi connectivity index (χ0v) is 18.2. The van der Waals surface area contributed by atoms with Crippen molar-refractivity contribution in [3.8, 4) is 17.3 Å². The average Bonchev–Trinajstić information content (AvgIpc) is 3.14. The third-order valence-electron chi connectivity index (χ3n) is 5.06. The van der Waals surface area contributed by atoms with E-state index in [4.69, 9.17) is 4.74 Å². The number of anilines is 1. The van der Waals surface area contributed by atoms with Crippen molar-refractivity contribution in [2.75, 3.05) is 10.5 Å². The Morgan fingerprint density at radius 1 is 1.24 bits per heavy atom. The Morgan fingerprint density at radius 2 is 1.93 bits per heavy atom. The summed E-state index contributed by atoms with van der Waals surface area (Å²) in [6, 6.07) is 1.90. The lowest BCUT2D eigenvalue weighted by Crippen LogP contribution is -2.21. The standard InChI is InChI=1S/C20H28N4O4S/c1-5-10-29(26,27)23-18-14(3)17(15-11-13(2)19(25)24(4)12-15)21-20(22-18)28-16-8-6-7-9-16/h11-12,16H,5-10H2,1-4H3,(H,21,22,23). The molecule has 2 aromatic rings. The molecule has 8 nitrogen and oxygen atoms in total. The van der Waals surface area contributed by atoms with E-state index in [0.717, 1.165) is 25.7 Å². The van der Waals surface area contributed by atoms with Crippen LogP contribution in [-0.2, 0) is 17.1 Å². The minimum atomic E-state index is -3.52. The van der Waals surface area contributed by atoms with E-state index < -0.39 is 10.0 Å². The number of aryl methyl sites for hydroxylation is 2. The molecule has 2 heterocycles. The largest absolute Gasteiger partial charge is 0.460 e. The molecule has 0 atom stereocenters. The molecule has 0 unspecified atom stereocenters. The molecule has 2 aromatic heterocycles. The summed E-state index contributed by atoms with van der Waals surface area (Å²) < 4.78 is 34.7. The Hall–Kier alpha value is -2.42. The highest BCUT2D eigenvalue weighted by molar-refractivity contribution is 7.92. The molecule has 9 heteroatoms. The topological polar surface area (TPSA) is 103 Å². The van der Waals surface area contributed by atoms with Crippen LogP contribution in [0.1, 0.15) is 50.2 Å². The number of pyridine rings is 1. The van der Waals surface area contributed by atoms with Crippen LogP contribution >= 0.6 is 0 Å². The number of sulfonamides is 1. The van der Waals surface area contributed by atoms with E-state index in [1.807, 2.05) is 0 Å². The van der Waals surface area contributed by atoms with E-state index in [9.17, 15) is 13.2 Å². The summed E-state index contributed by atoms with van der Waals surface area (Å²) in [6.07, 6.45) is 6.28. The zero-order chi connectivity index (χ0) is 21.2. The molecule has 3 rings (SSSR count). The summed E-state index contributed by atoms with van der Waals surface area (Å²) in [5, 5.41) is 0. The third kappa shape index (κ3) is 4.95. The Kier molecular flexibility index (Phi) is 6.26. The quantitative estimate of drug-likeness (QED) is 0.739. The lowest BCUT2D eigenvalue weighted by atomic mass is 10.1. The average molecular weight is 421 g/mol. The minimum Gasteiger partial charge on any atom is -0.460 e. The summed E-state index contributed by atoms with van der Waals surface area (Å²) in [5.74, 6) is 0.215.